The Morgan fingerprint density at radius 2 is 2.02 bits per heavy atom. The van der Waals surface area contributed by atoms with E-state index in [1.165, 1.54) is 11.3 Å². The molecule has 3 aliphatic heterocycles. The summed E-state index contributed by atoms with van der Waals surface area (Å²) in [7, 11) is 3.72. The molecule has 4 N–H and O–H groups in total. The third-order valence-electron chi connectivity index (χ3n) is 8.49. The van der Waals surface area contributed by atoms with Crippen LogP contribution >= 0.6 is 23.1 Å². The van der Waals surface area contributed by atoms with Crippen molar-refractivity contribution in [2.75, 3.05) is 61.6 Å². The number of anilines is 4. The molecule has 0 aliphatic carbocycles. The Balaban J connectivity index is 1.35. The number of likely N-dealkylation sites (N-methyl/N-ethyl adjacent to an activating group) is 1. The summed E-state index contributed by atoms with van der Waals surface area (Å²) in [5, 5.41) is 20.8. The van der Waals surface area contributed by atoms with E-state index in [9.17, 15) is 14.9 Å². The molecule has 6 rings (SSSR count). The number of alkyl halides is 1. The molecular weight excluding hydrogens is 576 g/mol. The highest BCUT2D eigenvalue weighted by molar-refractivity contribution is 8.00. The number of pyridine rings is 1. The predicted octanol–water partition coefficient (Wildman–Crippen LogP) is 3.42. The molecule has 0 radical (unpaired) electrons. The lowest BCUT2D eigenvalue weighted by atomic mass is 9.88. The number of ether oxygens (including phenoxy) is 1. The largest absolute Gasteiger partial charge is 0.462 e. The zero-order chi connectivity index (χ0) is 29.8. The normalized spacial score (nSPS) is 21.4. The molecule has 3 aromatic heterocycles. The molecular formula is C28H31FN10OS2. The number of nitrogen functional groups attached to an aromatic ring is 2. The fourth-order valence-electron chi connectivity index (χ4n) is 6.06. The lowest BCUT2D eigenvalue weighted by Crippen LogP contribution is -2.57. The van der Waals surface area contributed by atoms with Gasteiger partial charge in [0.2, 0.25) is 0 Å². The van der Waals surface area contributed by atoms with Crippen LogP contribution in [0.4, 0.5) is 26.8 Å². The van der Waals surface area contributed by atoms with E-state index in [-0.39, 0.29) is 29.4 Å². The number of halogens is 1. The number of nitrogens with zero attached hydrogens (tertiary/aromatic N) is 8. The van der Waals surface area contributed by atoms with Gasteiger partial charge in [0.25, 0.3) is 0 Å². The maximum Gasteiger partial charge on any atom is 0.320 e. The molecule has 0 bridgehead atoms. The summed E-state index contributed by atoms with van der Waals surface area (Å²) in [6, 6.07) is 8.08. The van der Waals surface area contributed by atoms with Crippen molar-refractivity contribution in [2.45, 2.75) is 42.1 Å². The standard InChI is InChI=1S/C28H31FN10OS2/c1-15(18-5-4-6-34-23(18)32)38(3)25-20(9-31)26(36-27(35-25)40-11-17-7-16(29)10-37(17)2)39-13-28(14-39)22-19(8-30)24(33)42-21(22)12-41-28/h4-6,15-17H,7,10-14,33H2,1-3H3,(H2,32,34)/t15-,16-,17+/m1/s1. The van der Waals surface area contributed by atoms with E-state index < -0.39 is 6.17 Å². The molecule has 2 fully saturated rings. The van der Waals surface area contributed by atoms with Gasteiger partial charge >= 0.3 is 6.01 Å². The molecule has 6 heterocycles. The Hall–Kier alpha value is -3.85. The lowest BCUT2D eigenvalue weighted by molar-refractivity contribution is 0.187. The monoisotopic (exact) mass is 606 g/mol. The molecule has 0 amide bonds. The summed E-state index contributed by atoms with van der Waals surface area (Å²) < 4.78 is 19.8. The summed E-state index contributed by atoms with van der Waals surface area (Å²) in [6.07, 6.45) is 1.11. The molecule has 3 aromatic rings. The third-order valence-corrected chi connectivity index (χ3v) is 11.1. The highest BCUT2D eigenvalue weighted by Gasteiger charge is 2.53. The maximum absolute atomic E-state index is 14.0. The highest BCUT2D eigenvalue weighted by atomic mass is 32.2. The summed E-state index contributed by atoms with van der Waals surface area (Å²) in [6.45, 7) is 3.66. The second-order valence-corrected chi connectivity index (χ2v) is 13.5. The van der Waals surface area contributed by atoms with Gasteiger partial charge in [-0.2, -0.15) is 20.5 Å². The Kier molecular flexibility index (Phi) is 7.25. The molecule has 42 heavy (non-hydrogen) atoms. The summed E-state index contributed by atoms with van der Waals surface area (Å²) in [5.74, 6) is 2.05. The Bertz CT molecular complexity index is 1610. The summed E-state index contributed by atoms with van der Waals surface area (Å²) in [4.78, 5) is 20.6. The number of hydrogen-bond donors (Lipinski definition) is 2. The van der Waals surface area contributed by atoms with Crippen molar-refractivity contribution in [3.63, 3.8) is 0 Å². The van der Waals surface area contributed by atoms with Crippen LogP contribution < -0.4 is 26.0 Å². The van der Waals surface area contributed by atoms with E-state index in [1.54, 1.807) is 18.0 Å². The zero-order valence-corrected chi connectivity index (χ0v) is 25.2. The highest BCUT2D eigenvalue weighted by Crippen LogP contribution is 2.58. The van der Waals surface area contributed by atoms with E-state index in [0.29, 0.717) is 59.6 Å². The van der Waals surface area contributed by atoms with Gasteiger partial charge in [0, 0.05) is 60.7 Å². The van der Waals surface area contributed by atoms with Gasteiger partial charge in [-0.05, 0) is 26.5 Å². The van der Waals surface area contributed by atoms with Gasteiger partial charge < -0.3 is 26.0 Å². The van der Waals surface area contributed by atoms with Crippen LogP contribution in [-0.2, 0) is 10.5 Å². The van der Waals surface area contributed by atoms with E-state index in [4.69, 9.17) is 21.2 Å². The predicted molar refractivity (Wildman–Crippen MR) is 162 cm³/mol. The Morgan fingerprint density at radius 1 is 1.26 bits per heavy atom. The van der Waals surface area contributed by atoms with E-state index in [1.807, 2.05) is 47.9 Å². The molecule has 1 spiro atoms. The number of nitriles is 2. The van der Waals surface area contributed by atoms with Crippen molar-refractivity contribution in [1.82, 2.24) is 19.9 Å². The van der Waals surface area contributed by atoms with Crippen molar-refractivity contribution in [2.24, 2.45) is 0 Å². The first kappa shape index (κ1) is 28.3. The zero-order valence-electron chi connectivity index (χ0n) is 23.5. The maximum atomic E-state index is 14.0. The van der Waals surface area contributed by atoms with Gasteiger partial charge in [0.1, 0.15) is 41.3 Å². The first-order chi connectivity index (χ1) is 20.2. The summed E-state index contributed by atoms with van der Waals surface area (Å²) in [5.41, 5.74) is 15.0. The van der Waals surface area contributed by atoms with Crippen LogP contribution in [0.3, 0.4) is 0 Å². The van der Waals surface area contributed by atoms with Gasteiger partial charge in [-0.25, -0.2) is 9.37 Å². The first-order valence-electron chi connectivity index (χ1n) is 13.6. The van der Waals surface area contributed by atoms with Crippen LogP contribution in [0.2, 0.25) is 0 Å². The quantitative estimate of drug-likeness (QED) is 0.404. The van der Waals surface area contributed by atoms with E-state index in [2.05, 4.69) is 22.1 Å². The number of fused-ring (bicyclic) bond motifs is 2. The molecule has 14 heteroatoms. The number of nitrogens with two attached hydrogens (primary N) is 2. The smallest absolute Gasteiger partial charge is 0.320 e. The summed E-state index contributed by atoms with van der Waals surface area (Å²) >= 11 is 3.27. The fraction of sp³-hybridized carbons (Fsp3) is 0.464. The van der Waals surface area contributed by atoms with Gasteiger partial charge in [0.05, 0.1) is 16.4 Å². The van der Waals surface area contributed by atoms with Gasteiger partial charge in [0.15, 0.2) is 11.6 Å². The number of aromatic nitrogens is 3. The van der Waals surface area contributed by atoms with Gasteiger partial charge in [-0.15, -0.1) is 23.1 Å². The van der Waals surface area contributed by atoms with Crippen LogP contribution in [0.5, 0.6) is 6.01 Å². The van der Waals surface area contributed by atoms with E-state index >= 15 is 0 Å². The van der Waals surface area contributed by atoms with Crippen molar-refractivity contribution in [3.8, 4) is 18.1 Å². The van der Waals surface area contributed by atoms with Crippen molar-refractivity contribution in [3.05, 3.63) is 45.5 Å². The number of thiophene rings is 1. The molecule has 3 atom stereocenters. The van der Waals surface area contributed by atoms with Gasteiger partial charge in [-0.1, -0.05) is 6.07 Å². The Morgan fingerprint density at radius 3 is 2.69 bits per heavy atom. The van der Waals surface area contributed by atoms with Crippen molar-refractivity contribution >= 4 is 45.6 Å². The molecule has 11 nitrogen and oxygen atoms in total. The fourth-order valence-corrected chi connectivity index (χ4v) is 8.86. The topological polar surface area (TPSA) is 157 Å². The third kappa shape index (κ3) is 4.64. The van der Waals surface area contributed by atoms with Crippen LogP contribution in [0.25, 0.3) is 0 Å². The van der Waals surface area contributed by atoms with Crippen molar-refractivity contribution in [1.29, 1.82) is 10.5 Å². The first-order valence-corrected chi connectivity index (χ1v) is 15.4. The number of thioether (sulfide) groups is 1. The number of hydrogen-bond acceptors (Lipinski definition) is 13. The minimum absolute atomic E-state index is 0.105. The number of rotatable bonds is 7. The van der Waals surface area contributed by atoms with Crippen LogP contribution in [0, 0.1) is 22.7 Å². The average molecular weight is 607 g/mol. The minimum atomic E-state index is -0.899. The molecule has 0 saturated carbocycles. The second-order valence-electron chi connectivity index (χ2n) is 11.0. The SMILES string of the molecule is C[C@H](c1cccnc1N)N(C)c1nc(OC[C@@H]2C[C@@H](F)CN2C)nc(N2CC3(C2)SCc2sc(N)c(C#N)c23)c1C#N. The van der Waals surface area contributed by atoms with Gasteiger partial charge in [-0.3, -0.25) is 4.90 Å². The molecule has 3 aliphatic rings. The van der Waals surface area contributed by atoms with Crippen molar-refractivity contribution < 1.29 is 9.13 Å². The van der Waals surface area contributed by atoms with Crippen LogP contribution in [-0.4, -0.2) is 72.4 Å². The second kappa shape index (κ2) is 10.8. The van der Waals surface area contributed by atoms with Crippen LogP contribution in [0.1, 0.15) is 46.5 Å². The lowest BCUT2D eigenvalue weighted by Gasteiger charge is -2.48. The molecule has 218 valence electrons. The van der Waals surface area contributed by atoms with E-state index in [0.717, 1.165) is 21.8 Å². The minimum Gasteiger partial charge on any atom is -0.462 e. The molecule has 0 unspecified atom stereocenters. The van der Waals surface area contributed by atoms with Crippen LogP contribution in [0.15, 0.2) is 18.3 Å². The Labute approximate surface area is 251 Å². The molecule has 2 saturated heterocycles. The average Bonchev–Trinajstić information content (AvgIpc) is 3.59. The molecule has 0 aromatic carbocycles. The number of likely N-dealkylation sites (tertiary alicyclic amines) is 1.